The maximum atomic E-state index is 12.9. The number of carbonyl (C=O) groups is 2. The van der Waals surface area contributed by atoms with Crippen LogP contribution in [-0.4, -0.2) is 41.5 Å². The van der Waals surface area contributed by atoms with Crippen molar-refractivity contribution >= 4 is 11.9 Å². The van der Waals surface area contributed by atoms with Crippen molar-refractivity contribution in [2.45, 2.75) is 52.4 Å². The highest BCUT2D eigenvalue weighted by atomic mass is 16.4. The van der Waals surface area contributed by atoms with E-state index in [4.69, 9.17) is 5.73 Å². The van der Waals surface area contributed by atoms with E-state index in [0.717, 1.165) is 25.7 Å². The number of carboxylic acid groups (broad SMARTS) is 1. The summed E-state index contributed by atoms with van der Waals surface area (Å²) in [4.78, 5) is 26.4. The van der Waals surface area contributed by atoms with Crippen molar-refractivity contribution < 1.29 is 14.7 Å². The highest BCUT2D eigenvalue weighted by molar-refractivity contribution is 5.85. The number of carbonyl (C=O) groups excluding carboxylic acids is 1. The van der Waals surface area contributed by atoms with E-state index in [2.05, 4.69) is 0 Å². The number of rotatable bonds is 4. The van der Waals surface area contributed by atoms with Crippen LogP contribution in [0.25, 0.3) is 0 Å². The van der Waals surface area contributed by atoms with Crippen molar-refractivity contribution in [1.82, 2.24) is 4.90 Å². The van der Waals surface area contributed by atoms with Crippen LogP contribution in [0.5, 0.6) is 0 Å². The van der Waals surface area contributed by atoms with Gasteiger partial charge in [-0.2, -0.15) is 0 Å². The van der Waals surface area contributed by atoms with E-state index in [1.54, 1.807) is 4.90 Å². The standard InChI is InChI=1S/C16H28N2O3/c1-12(2)16(14(20)21)8-9-18(11-16)13(19)15(10-17)6-4-3-5-7-15/h12H,3-11,17H2,1-2H3,(H,20,21). The monoisotopic (exact) mass is 296 g/mol. The van der Waals surface area contributed by atoms with Crippen molar-refractivity contribution in [2.75, 3.05) is 19.6 Å². The van der Waals surface area contributed by atoms with Gasteiger partial charge in [-0.25, -0.2) is 0 Å². The molecule has 1 saturated carbocycles. The number of nitrogens with zero attached hydrogens (tertiary/aromatic N) is 1. The molecule has 2 rings (SSSR count). The fourth-order valence-corrected chi connectivity index (χ4v) is 3.97. The van der Waals surface area contributed by atoms with Gasteiger partial charge in [-0.05, 0) is 25.2 Å². The molecule has 1 aliphatic heterocycles. The molecule has 0 radical (unpaired) electrons. The molecule has 1 aliphatic carbocycles. The Labute approximate surface area is 126 Å². The molecule has 0 spiro atoms. The number of carboxylic acids is 1. The summed E-state index contributed by atoms with van der Waals surface area (Å²) >= 11 is 0. The summed E-state index contributed by atoms with van der Waals surface area (Å²) in [5.41, 5.74) is 4.70. The Morgan fingerprint density at radius 1 is 1.19 bits per heavy atom. The zero-order valence-corrected chi connectivity index (χ0v) is 13.2. The average molecular weight is 296 g/mol. The molecule has 0 aromatic heterocycles. The first-order chi connectivity index (χ1) is 9.88. The van der Waals surface area contributed by atoms with Gasteiger partial charge >= 0.3 is 5.97 Å². The van der Waals surface area contributed by atoms with E-state index < -0.39 is 16.8 Å². The Morgan fingerprint density at radius 3 is 2.24 bits per heavy atom. The van der Waals surface area contributed by atoms with Crippen LogP contribution >= 0.6 is 0 Å². The molecule has 2 fully saturated rings. The zero-order chi connectivity index (χ0) is 15.7. The van der Waals surface area contributed by atoms with Gasteiger partial charge in [-0.3, -0.25) is 9.59 Å². The van der Waals surface area contributed by atoms with E-state index in [1.165, 1.54) is 6.42 Å². The maximum absolute atomic E-state index is 12.9. The molecule has 3 N–H and O–H groups in total. The predicted octanol–water partition coefficient (Wildman–Crippen LogP) is 1.85. The lowest BCUT2D eigenvalue weighted by Crippen LogP contribution is -2.50. The highest BCUT2D eigenvalue weighted by Crippen LogP contribution is 2.42. The first-order valence-corrected chi connectivity index (χ1v) is 8.11. The molecule has 0 bridgehead atoms. The van der Waals surface area contributed by atoms with E-state index in [1.807, 2.05) is 13.8 Å². The second-order valence-corrected chi connectivity index (χ2v) is 7.14. The summed E-state index contributed by atoms with van der Waals surface area (Å²) in [6.07, 6.45) is 5.50. The van der Waals surface area contributed by atoms with Crippen LogP contribution in [0.4, 0.5) is 0 Å². The van der Waals surface area contributed by atoms with Gasteiger partial charge in [0, 0.05) is 19.6 Å². The Kier molecular flexibility index (Phi) is 4.61. The second-order valence-electron chi connectivity index (χ2n) is 7.14. The maximum Gasteiger partial charge on any atom is 0.311 e. The fourth-order valence-electron chi connectivity index (χ4n) is 3.97. The second kappa shape index (κ2) is 5.95. The molecule has 120 valence electrons. The van der Waals surface area contributed by atoms with E-state index in [0.29, 0.717) is 26.1 Å². The first-order valence-electron chi connectivity index (χ1n) is 8.11. The van der Waals surface area contributed by atoms with Crippen molar-refractivity contribution in [3.63, 3.8) is 0 Å². The molecular formula is C16H28N2O3. The lowest BCUT2D eigenvalue weighted by atomic mass is 9.72. The average Bonchev–Trinajstić information content (AvgIpc) is 2.93. The van der Waals surface area contributed by atoms with Crippen molar-refractivity contribution in [3.05, 3.63) is 0 Å². The van der Waals surface area contributed by atoms with E-state index in [9.17, 15) is 14.7 Å². The Balaban J connectivity index is 2.16. The van der Waals surface area contributed by atoms with Gasteiger partial charge in [0.2, 0.25) is 5.91 Å². The molecule has 2 aliphatic rings. The van der Waals surface area contributed by atoms with Crippen LogP contribution in [0, 0.1) is 16.7 Å². The quantitative estimate of drug-likeness (QED) is 0.829. The molecule has 1 heterocycles. The van der Waals surface area contributed by atoms with Crippen molar-refractivity contribution in [2.24, 2.45) is 22.5 Å². The van der Waals surface area contributed by atoms with Gasteiger partial charge < -0.3 is 15.7 Å². The highest BCUT2D eigenvalue weighted by Gasteiger charge is 2.51. The van der Waals surface area contributed by atoms with E-state index >= 15 is 0 Å². The van der Waals surface area contributed by atoms with Crippen molar-refractivity contribution in [1.29, 1.82) is 0 Å². The number of amides is 1. The molecule has 0 aromatic rings. The van der Waals surface area contributed by atoms with Crippen molar-refractivity contribution in [3.8, 4) is 0 Å². The zero-order valence-electron chi connectivity index (χ0n) is 13.2. The molecule has 1 unspecified atom stereocenters. The number of nitrogens with two attached hydrogens (primary N) is 1. The van der Waals surface area contributed by atoms with E-state index in [-0.39, 0.29) is 11.8 Å². The van der Waals surface area contributed by atoms with Crippen LogP contribution in [-0.2, 0) is 9.59 Å². The van der Waals surface area contributed by atoms with Crippen LogP contribution in [0.2, 0.25) is 0 Å². The third-order valence-electron chi connectivity index (χ3n) is 5.77. The lowest BCUT2D eigenvalue weighted by Gasteiger charge is -2.38. The summed E-state index contributed by atoms with van der Waals surface area (Å²) in [5.74, 6) is -0.667. The third kappa shape index (κ3) is 2.68. The largest absolute Gasteiger partial charge is 0.481 e. The topological polar surface area (TPSA) is 83.6 Å². The Morgan fingerprint density at radius 2 is 1.81 bits per heavy atom. The summed E-state index contributed by atoms with van der Waals surface area (Å²) in [6, 6.07) is 0. The summed E-state index contributed by atoms with van der Waals surface area (Å²) in [7, 11) is 0. The predicted molar refractivity (Wildman–Crippen MR) is 80.7 cm³/mol. The molecule has 1 saturated heterocycles. The Hall–Kier alpha value is -1.10. The number of hydrogen-bond acceptors (Lipinski definition) is 3. The summed E-state index contributed by atoms with van der Waals surface area (Å²) in [6.45, 7) is 5.12. The van der Waals surface area contributed by atoms with Crippen LogP contribution < -0.4 is 5.73 Å². The van der Waals surface area contributed by atoms with Crippen LogP contribution in [0.1, 0.15) is 52.4 Å². The molecular weight excluding hydrogens is 268 g/mol. The van der Waals surface area contributed by atoms with Gasteiger partial charge in [0.05, 0.1) is 10.8 Å². The van der Waals surface area contributed by atoms with Gasteiger partial charge in [-0.15, -0.1) is 0 Å². The summed E-state index contributed by atoms with van der Waals surface area (Å²) in [5, 5.41) is 9.60. The van der Waals surface area contributed by atoms with Gasteiger partial charge in [0.1, 0.15) is 0 Å². The molecule has 5 nitrogen and oxygen atoms in total. The SMILES string of the molecule is CC(C)C1(C(=O)O)CCN(C(=O)C2(CN)CCCCC2)C1. The minimum absolute atomic E-state index is 0.0213. The molecule has 1 amide bonds. The lowest BCUT2D eigenvalue weighted by molar-refractivity contribution is -0.152. The minimum atomic E-state index is -0.792. The number of likely N-dealkylation sites (tertiary alicyclic amines) is 1. The van der Waals surface area contributed by atoms with Crippen LogP contribution in [0.15, 0.2) is 0 Å². The first kappa shape index (κ1) is 16.3. The third-order valence-corrected chi connectivity index (χ3v) is 5.77. The minimum Gasteiger partial charge on any atom is -0.481 e. The van der Waals surface area contributed by atoms with Gasteiger partial charge in [-0.1, -0.05) is 33.1 Å². The molecule has 0 aromatic carbocycles. The smallest absolute Gasteiger partial charge is 0.311 e. The van der Waals surface area contributed by atoms with Gasteiger partial charge in [0.25, 0.3) is 0 Å². The number of aliphatic carboxylic acids is 1. The molecule has 21 heavy (non-hydrogen) atoms. The fraction of sp³-hybridized carbons (Fsp3) is 0.875. The Bertz CT molecular complexity index is 416. The summed E-state index contributed by atoms with van der Waals surface area (Å²) < 4.78 is 0. The normalized spacial score (nSPS) is 28.9. The van der Waals surface area contributed by atoms with Crippen LogP contribution in [0.3, 0.4) is 0 Å². The molecule has 5 heteroatoms. The molecule has 1 atom stereocenters. The van der Waals surface area contributed by atoms with Gasteiger partial charge in [0.15, 0.2) is 0 Å². The number of hydrogen-bond donors (Lipinski definition) is 2.